The number of carbonyl (C=O) groups is 3. The van der Waals surface area contributed by atoms with Crippen molar-refractivity contribution < 1.29 is 19.5 Å². The molecule has 0 spiro atoms. The summed E-state index contributed by atoms with van der Waals surface area (Å²) in [4.78, 5) is 37.5. The molecular weight excluding hydrogens is 340 g/mol. The van der Waals surface area contributed by atoms with Crippen LogP contribution in [0, 0.1) is 0 Å². The molecule has 134 valence electrons. The summed E-state index contributed by atoms with van der Waals surface area (Å²) < 4.78 is 0. The Labute approximate surface area is 157 Å². The highest BCUT2D eigenvalue weighted by Crippen LogP contribution is 2.23. The maximum absolute atomic E-state index is 12.7. The minimum atomic E-state index is -1.47. The Hall–Kier alpha value is -3.37. The highest BCUT2D eigenvalue weighted by molar-refractivity contribution is 6.14. The zero-order chi connectivity index (χ0) is 19.2. The highest BCUT2D eigenvalue weighted by atomic mass is 16.3. The molecule has 0 saturated carbocycles. The Morgan fingerprint density at radius 1 is 0.667 bits per heavy atom. The molecule has 0 fully saturated rings. The zero-order valence-corrected chi connectivity index (χ0v) is 14.5. The van der Waals surface area contributed by atoms with E-state index in [0.717, 1.165) is 0 Å². The van der Waals surface area contributed by atoms with Crippen LogP contribution >= 0.6 is 0 Å². The summed E-state index contributed by atoms with van der Waals surface area (Å²) in [6.07, 6.45) is -1.80. The molecule has 1 atom stereocenters. The highest BCUT2D eigenvalue weighted by Gasteiger charge is 2.25. The normalized spacial score (nSPS) is 11.6. The second-order valence-electron chi connectivity index (χ2n) is 6.11. The summed E-state index contributed by atoms with van der Waals surface area (Å²) in [6, 6.07) is 23.3. The third kappa shape index (κ3) is 4.25. The lowest BCUT2D eigenvalue weighted by molar-refractivity contribution is 0.0744. The first kappa shape index (κ1) is 18.4. The van der Waals surface area contributed by atoms with Crippen LogP contribution in [0.15, 0.2) is 84.9 Å². The van der Waals surface area contributed by atoms with Crippen LogP contribution in [0.4, 0.5) is 0 Å². The number of aliphatic hydroxyl groups excluding tert-OH is 1. The van der Waals surface area contributed by atoms with Crippen LogP contribution in [0.1, 0.15) is 49.2 Å². The molecular formula is C23H18O4. The van der Waals surface area contributed by atoms with Gasteiger partial charge < -0.3 is 5.11 Å². The summed E-state index contributed by atoms with van der Waals surface area (Å²) in [5.41, 5.74) is 1.19. The Morgan fingerprint density at radius 2 is 1.19 bits per heavy atom. The quantitative estimate of drug-likeness (QED) is 0.511. The van der Waals surface area contributed by atoms with Gasteiger partial charge in [-0.1, -0.05) is 84.9 Å². The van der Waals surface area contributed by atoms with Crippen LogP contribution in [-0.2, 0) is 0 Å². The Bertz CT molecular complexity index is 962. The van der Waals surface area contributed by atoms with Gasteiger partial charge in [0.05, 0.1) is 6.42 Å². The lowest BCUT2D eigenvalue weighted by Crippen LogP contribution is -2.17. The molecule has 0 bridgehead atoms. The monoisotopic (exact) mass is 358 g/mol. The standard InChI is InChI=1S/C23H18O4/c24-20(16-9-3-1-4-10-16)15-21(25)18-13-7-8-14-19(18)23(27)22(26)17-11-5-2-6-12-17/h1-14,23,27H,15H2. The van der Waals surface area contributed by atoms with Crippen LogP contribution in [0.2, 0.25) is 0 Å². The maximum atomic E-state index is 12.7. The Balaban J connectivity index is 1.84. The fourth-order valence-electron chi connectivity index (χ4n) is 2.86. The SMILES string of the molecule is O=C(CC(=O)c1ccccc1C(O)C(=O)c1ccccc1)c1ccccc1. The predicted molar refractivity (Wildman–Crippen MR) is 102 cm³/mol. The van der Waals surface area contributed by atoms with Crippen molar-refractivity contribution in [3.05, 3.63) is 107 Å². The number of hydrogen-bond acceptors (Lipinski definition) is 4. The molecule has 0 radical (unpaired) electrons. The molecule has 3 rings (SSSR count). The molecule has 4 heteroatoms. The number of rotatable bonds is 7. The topological polar surface area (TPSA) is 71.4 Å². The van der Waals surface area contributed by atoms with Gasteiger partial charge in [0.1, 0.15) is 6.10 Å². The van der Waals surface area contributed by atoms with E-state index < -0.39 is 17.7 Å². The molecule has 0 saturated heterocycles. The molecule has 0 heterocycles. The van der Waals surface area contributed by atoms with Crippen molar-refractivity contribution in [1.82, 2.24) is 0 Å². The fraction of sp³-hybridized carbons (Fsp3) is 0.0870. The lowest BCUT2D eigenvalue weighted by Gasteiger charge is -2.14. The molecule has 3 aromatic carbocycles. The van der Waals surface area contributed by atoms with Crippen LogP contribution < -0.4 is 0 Å². The number of hydrogen-bond donors (Lipinski definition) is 1. The van der Waals surface area contributed by atoms with Gasteiger partial charge in [0, 0.05) is 16.7 Å². The molecule has 0 aromatic heterocycles. The number of aliphatic hydroxyl groups is 1. The van der Waals surface area contributed by atoms with Crippen molar-refractivity contribution in [1.29, 1.82) is 0 Å². The molecule has 0 aliphatic rings. The first-order valence-electron chi connectivity index (χ1n) is 8.55. The number of benzene rings is 3. The fourth-order valence-corrected chi connectivity index (χ4v) is 2.86. The van der Waals surface area contributed by atoms with E-state index >= 15 is 0 Å². The van der Waals surface area contributed by atoms with Gasteiger partial charge in [0.25, 0.3) is 0 Å². The van der Waals surface area contributed by atoms with Gasteiger partial charge in [0.2, 0.25) is 0 Å². The van der Waals surface area contributed by atoms with E-state index in [1.165, 1.54) is 12.1 Å². The maximum Gasteiger partial charge on any atom is 0.195 e. The van der Waals surface area contributed by atoms with Crippen LogP contribution in [-0.4, -0.2) is 22.5 Å². The number of carbonyl (C=O) groups excluding carboxylic acids is 3. The van der Waals surface area contributed by atoms with Crippen LogP contribution in [0.5, 0.6) is 0 Å². The predicted octanol–water partition coefficient (Wildman–Crippen LogP) is 4.06. The van der Waals surface area contributed by atoms with E-state index in [1.54, 1.807) is 72.8 Å². The second kappa shape index (κ2) is 8.34. The van der Waals surface area contributed by atoms with Crippen molar-refractivity contribution in [2.45, 2.75) is 12.5 Å². The van der Waals surface area contributed by atoms with Crippen LogP contribution in [0.3, 0.4) is 0 Å². The van der Waals surface area contributed by atoms with Crippen molar-refractivity contribution in [3.8, 4) is 0 Å². The molecule has 27 heavy (non-hydrogen) atoms. The van der Waals surface area contributed by atoms with Gasteiger partial charge in [-0.15, -0.1) is 0 Å². The third-order valence-corrected chi connectivity index (χ3v) is 4.28. The van der Waals surface area contributed by atoms with E-state index in [1.807, 2.05) is 0 Å². The van der Waals surface area contributed by atoms with E-state index in [0.29, 0.717) is 11.1 Å². The van der Waals surface area contributed by atoms with Crippen LogP contribution in [0.25, 0.3) is 0 Å². The Morgan fingerprint density at radius 3 is 1.81 bits per heavy atom. The van der Waals surface area contributed by atoms with Crippen molar-refractivity contribution in [3.63, 3.8) is 0 Å². The molecule has 0 aliphatic heterocycles. The van der Waals surface area contributed by atoms with Crippen molar-refractivity contribution in [2.75, 3.05) is 0 Å². The number of Topliss-reactive ketones (excluding diaryl/α,β-unsaturated/α-hetero) is 3. The third-order valence-electron chi connectivity index (χ3n) is 4.28. The van der Waals surface area contributed by atoms with Gasteiger partial charge in [-0.05, 0) is 5.56 Å². The van der Waals surface area contributed by atoms with Gasteiger partial charge in [-0.3, -0.25) is 14.4 Å². The van der Waals surface area contributed by atoms with E-state index in [9.17, 15) is 19.5 Å². The summed E-state index contributed by atoms with van der Waals surface area (Å²) in [5, 5.41) is 10.5. The average Bonchev–Trinajstić information content (AvgIpc) is 2.73. The van der Waals surface area contributed by atoms with Gasteiger partial charge in [-0.2, -0.15) is 0 Å². The number of ketones is 3. The summed E-state index contributed by atoms with van der Waals surface area (Å²) in [6.45, 7) is 0. The average molecular weight is 358 g/mol. The van der Waals surface area contributed by atoms with E-state index in [4.69, 9.17) is 0 Å². The smallest absolute Gasteiger partial charge is 0.195 e. The lowest BCUT2D eigenvalue weighted by atomic mass is 9.92. The Kier molecular flexibility index (Phi) is 5.69. The molecule has 1 N–H and O–H groups in total. The van der Waals surface area contributed by atoms with E-state index in [-0.39, 0.29) is 23.3 Å². The van der Waals surface area contributed by atoms with E-state index in [2.05, 4.69) is 0 Å². The van der Waals surface area contributed by atoms with Crippen molar-refractivity contribution >= 4 is 17.3 Å². The van der Waals surface area contributed by atoms with Gasteiger partial charge in [-0.25, -0.2) is 0 Å². The molecule has 1 unspecified atom stereocenters. The van der Waals surface area contributed by atoms with Gasteiger partial charge in [0.15, 0.2) is 17.3 Å². The van der Waals surface area contributed by atoms with Crippen molar-refractivity contribution in [2.24, 2.45) is 0 Å². The zero-order valence-electron chi connectivity index (χ0n) is 14.5. The summed E-state index contributed by atoms with van der Waals surface area (Å²) in [7, 11) is 0. The first-order chi connectivity index (χ1) is 13.1. The van der Waals surface area contributed by atoms with Gasteiger partial charge >= 0.3 is 0 Å². The minimum absolute atomic E-state index is 0.179. The second-order valence-corrected chi connectivity index (χ2v) is 6.11. The first-order valence-corrected chi connectivity index (χ1v) is 8.55. The molecule has 4 nitrogen and oxygen atoms in total. The molecule has 0 amide bonds. The molecule has 3 aromatic rings. The molecule has 0 aliphatic carbocycles. The summed E-state index contributed by atoms with van der Waals surface area (Å²) >= 11 is 0. The largest absolute Gasteiger partial charge is 0.380 e. The summed E-state index contributed by atoms with van der Waals surface area (Å²) in [5.74, 6) is -1.23. The minimum Gasteiger partial charge on any atom is -0.380 e.